The van der Waals surface area contributed by atoms with Crippen molar-refractivity contribution in [2.24, 2.45) is 0 Å². The minimum absolute atomic E-state index is 0.00347. The molecule has 0 aromatic carbocycles. The van der Waals surface area contributed by atoms with Crippen LogP contribution in [0, 0.1) is 26.6 Å². The molecule has 0 spiro atoms. The maximum Gasteiger partial charge on any atom is 0.220 e. The highest BCUT2D eigenvalue weighted by Crippen LogP contribution is 2.11. The van der Waals surface area contributed by atoms with Crippen molar-refractivity contribution in [1.29, 1.82) is 0 Å². The Hall–Kier alpha value is -1.20. The summed E-state index contributed by atoms with van der Waals surface area (Å²) in [6.07, 6.45) is 2.83. The van der Waals surface area contributed by atoms with Gasteiger partial charge in [-0.1, -0.05) is 13.3 Å². The van der Waals surface area contributed by atoms with Crippen LogP contribution in [0.4, 0.5) is 0 Å². The Kier molecular flexibility index (Phi) is 5.74. The van der Waals surface area contributed by atoms with Crippen LogP contribution in [0.25, 0.3) is 0 Å². The molecule has 2 unspecified atom stereocenters. The molecular formula is C8H15N2O4. The minimum Gasteiger partial charge on any atom is -0.264 e. The number of unbranched alkanes of at least 4 members (excludes halogenated alkanes) is 1. The van der Waals surface area contributed by atoms with Gasteiger partial charge in [-0.15, -0.1) is 0 Å². The summed E-state index contributed by atoms with van der Waals surface area (Å²) in [6, 6.07) is -1.67. The van der Waals surface area contributed by atoms with Gasteiger partial charge in [0, 0.05) is 23.2 Å². The zero-order chi connectivity index (χ0) is 11.1. The van der Waals surface area contributed by atoms with Gasteiger partial charge >= 0.3 is 0 Å². The van der Waals surface area contributed by atoms with E-state index in [1.807, 2.05) is 6.92 Å². The summed E-state index contributed by atoms with van der Waals surface area (Å²) < 4.78 is 0. The molecule has 0 aliphatic carbocycles. The zero-order valence-corrected chi connectivity index (χ0v) is 8.38. The van der Waals surface area contributed by atoms with E-state index in [-0.39, 0.29) is 6.42 Å². The first-order chi connectivity index (χ1) is 6.49. The minimum atomic E-state index is -0.851. The van der Waals surface area contributed by atoms with Crippen LogP contribution < -0.4 is 0 Å². The second-order valence-corrected chi connectivity index (χ2v) is 3.24. The van der Waals surface area contributed by atoms with Crippen LogP contribution in [0.15, 0.2) is 0 Å². The topological polar surface area (TPSA) is 86.3 Å². The van der Waals surface area contributed by atoms with Gasteiger partial charge in [0.05, 0.1) is 6.42 Å². The number of nitro groups is 2. The normalized spacial score (nSPS) is 14.7. The molecule has 6 heteroatoms. The van der Waals surface area contributed by atoms with Crippen LogP contribution in [0.3, 0.4) is 0 Å². The molecule has 0 bridgehead atoms. The molecule has 0 aliphatic rings. The van der Waals surface area contributed by atoms with Gasteiger partial charge < -0.3 is 0 Å². The lowest BCUT2D eigenvalue weighted by Gasteiger charge is -2.09. The zero-order valence-electron chi connectivity index (χ0n) is 8.38. The van der Waals surface area contributed by atoms with Crippen molar-refractivity contribution in [3.63, 3.8) is 0 Å². The fourth-order valence-corrected chi connectivity index (χ4v) is 1.11. The monoisotopic (exact) mass is 203 g/mol. The van der Waals surface area contributed by atoms with Crippen LogP contribution in [-0.4, -0.2) is 21.9 Å². The fourth-order valence-electron chi connectivity index (χ4n) is 1.11. The highest BCUT2D eigenvalue weighted by molar-refractivity contribution is 4.71. The lowest BCUT2D eigenvalue weighted by molar-refractivity contribution is -0.557. The summed E-state index contributed by atoms with van der Waals surface area (Å²) >= 11 is 0. The third kappa shape index (κ3) is 4.74. The molecule has 0 aliphatic heterocycles. The van der Waals surface area contributed by atoms with Crippen LogP contribution in [0.5, 0.6) is 0 Å². The van der Waals surface area contributed by atoms with Gasteiger partial charge in [0.2, 0.25) is 12.1 Å². The maximum atomic E-state index is 10.5. The second kappa shape index (κ2) is 6.28. The smallest absolute Gasteiger partial charge is 0.220 e. The van der Waals surface area contributed by atoms with E-state index in [0.717, 1.165) is 6.42 Å². The van der Waals surface area contributed by atoms with Crippen molar-refractivity contribution >= 4 is 0 Å². The lowest BCUT2D eigenvalue weighted by Crippen LogP contribution is -2.28. The van der Waals surface area contributed by atoms with E-state index in [2.05, 4.69) is 0 Å². The highest BCUT2D eigenvalue weighted by atomic mass is 16.6. The quantitative estimate of drug-likeness (QED) is 0.465. The van der Waals surface area contributed by atoms with E-state index in [1.165, 1.54) is 6.92 Å². The first-order valence-corrected chi connectivity index (χ1v) is 4.57. The van der Waals surface area contributed by atoms with Crippen molar-refractivity contribution in [3.05, 3.63) is 26.6 Å². The van der Waals surface area contributed by atoms with Gasteiger partial charge in [-0.2, -0.15) is 0 Å². The van der Waals surface area contributed by atoms with Crippen molar-refractivity contribution < 1.29 is 9.85 Å². The number of hydrogen-bond donors (Lipinski definition) is 0. The van der Waals surface area contributed by atoms with Gasteiger partial charge in [-0.05, 0) is 6.42 Å². The lowest BCUT2D eigenvalue weighted by atomic mass is 10.0. The van der Waals surface area contributed by atoms with E-state index in [4.69, 9.17) is 0 Å². The van der Waals surface area contributed by atoms with Crippen molar-refractivity contribution in [2.75, 3.05) is 0 Å². The van der Waals surface area contributed by atoms with Gasteiger partial charge in [-0.3, -0.25) is 20.2 Å². The molecule has 0 amide bonds. The Morgan fingerprint density at radius 2 is 1.86 bits per heavy atom. The van der Waals surface area contributed by atoms with Gasteiger partial charge in [0.15, 0.2) is 0 Å². The van der Waals surface area contributed by atoms with Crippen LogP contribution >= 0.6 is 0 Å². The molecule has 0 saturated carbocycles. The molecule has 2 atom stereocenters. The molecule has 0 heterocycles. The third-order valence-electron chi connectivity index (χ3n) is 2.00. The average Bonchev–Trinajstić information content (AvgIpc) is 2.10. The summed E-state index contributed by atoms with van der Waals surface area (Å²) in [5.74, 6) is 0. The Morgan fingerprint density at radius 3 is 2.21 bits per heavy atom. The Bertz CT molecular complexity index is 208. The summed E-state index contributed by atoms with van der Waals surface area (Å²) in [5, 5.41) is 20.8. The standard InChI is InChI=1S/C8H15N2O4/c1-3-4-5-8(10(13)14)6-7(2)9(11)12/h4,7-8H,3,5-6H2,1-2H3. The van der Waals surface area contributed by atoms with Gasteiger partial charge in [-0.25, -0.2) is 0 Å². The second-order valence-electron chi connectivity index (χ2n) is 3.24. The highest BCUT2D eigenvalue weighted by Gasteiger charge is 2.27. The van der Waals surface area contributed by atoms with E-state index >= 15 is 0 Å². The van der Waals surface area contributed by atoms with Gasteiger partial charge in [0.1, 0.15) is 0 Å². The number of nitrogens with zero attached hydrogens (tertiary/aromatic N) is 2. The van der Waals surface area contributed by atoms with Crippen LogP contribution in [0.1, 0.15) is 33.1 Å². The molecule has 6 nitrogen and oxygen atoms in total. The molecule has 0 rings (SSSR count). The first kappa shape index (κ1) is 12.8. The number of rotatable bonds is 7. The Labute approximate surface area is 82.6 Å². The molecule has 0 N–H and O–H groups in total. The molecule has 0 aromatic rings. The summed E-state index contributed by atoms with van der Waals surface area (Å²) in [5.41, 5.74) is 0. The van der Waals surface area contributed by atoms with Crippen molar-refractivity contribution in [3.8, 4) is 0 Å². The summed E-state index contributed by atoms with van der Waals surface area (Å²) in [7, 11) is 0. The maximum absolute atomic E-state index is 10.5. The van der Waals surface area contributed by atoms with Gasteiger partial charge in [0.25, 0.3) is 0 Å². The Balaban J connectivity index is 4.08. The van der Waals surface area contributed by atoms with E-state index < -0.39 is 21.9 Å². The predicted octanol–water partition coefficient (Wildman–Crippen LogP) is 1.69. The first-order valence-electron chi connectivity index (χ1n) is 4.57. The SMILES string of the molecule is CC[CH]CC(CC(C)[N+](=O)[O-])[N+](=O)[O-]. The largest absolute Gasteiger partial charge is 0.264 e. The molecular weight excluding hydrogens is 188 g/mol. The average molecular weight is 203 g/mol. The van der Waals surface area contributed by atoms with Crippen LogP contribution in [0.2, 0.25) is 0 Å². The molecule has 0 fully saturated rings. The van der Waals surface area contributed by atoms with Crippen molar-refractivity contribution in [1.82, 2.24) is 0 Å². The van der Waals surface area contributed by atoms with Crippen molar-refractivity contribution in [2.45, 2.75) is 45.2 Å². The Morgan fingerprint density at radius 1 is 1.29 bits per heavy atom. The van der Waals surface area contributed by atoms with E-state index in [9.17, 15) is 20.2 Å². The molecule has 1 radical (unpaired) electrons. The molecule has 0 aromatic heterocycles. The van der Waals surface area contributed by atoms with E-state index in [1.54, 1.807) is 6.42 Å². The van der Waals surface area contributed by atoms with Crippen LogP contribution in [-0.2, 0) is 0 Å². The summed E-state index contributed by atoms with van der Waals surface area (Å²) in [4.78, 5) is 19.9. The molecule has 81 valence electrons. The summed E-state index contributed by atoms with van der Waals surface area (Å²) in [6.45, 7) is 3.27. The molecule has 14 heavy (non-hydrogen) atoms. The predicted molar refractivity (Wildman–Crippen MR) is 51.1 cm³/mol. The third-order valence-corrected chi connectivity index (χ3v) is 2.00. The number of hydrogen-bond acceptors (Lipinski definition) is 4. The fraction of sp³-hybridized carbons (Fsp3) is 0.875. The van der Waals surface area contributed by atoms with E-state index in [0.29, 0.717) is 6.42 Å². The molecule has 0 saturated heterocycles.